The molecule has 0 saturated carbocycles. The number of amides is 2. The van der Waals surface area contributed by atoms with Crippen LogP contribution in [0.5, 0.6) is 0 Å². The van der Waals surface area contributed by atoms with Crippen LogP contribution in [0.4, 0.5) is 0 Å². The van der Waals surface area contributed by atoms with E-state index in [2.05, 4.69) is 10.9 Å². The van der Waals surface area contributed by atoms with E-state index in [9.17, 15) is 9.59 Å². The Morgan fingerprint density at radius 2 is 2.16 bits per heavy atom. The summed E-state index contributed by atoms with van der Waals surface area (Å²) in [5.41, 5.74) is 5.63. The summed E-state index contributed by atoms with van der Waals surface area (Å²) in [6, 6.07) is 5.07. The first kappa shape index (κ1) is 13.1. The molecule has 0 fully saturated rings. The van der Waals surface area contributed by atoms with Crippen LogP contribution >= 0.6 is 11.3 Å². The lowest BCUT2D eigenvalue weighted by atomic mass is 10.3. The molecule has 2 aromatic heterocycles. The van der Waals surface area contributed by atoms with E-state index in [1.807, 2.05) is 18.4 Å². The van der Waals surface area contributed by atoms with Crippen LogP contribution in [0.1, 0.15) is 21.0 Å². The van der Waals surface area contributed by atoms with Crippen LogP contribution in [0.2, 0.25) is 0 Å². The van der Waals surface area contributed by atoms with Crippen LogP contribution < -0.4 is 10.9 Å². The van der Waals surface area contributed by atoms with Crippen LogP contribution in [0, 0.1) is 6.92 Å². The van der Waals surface area contributed by atoms with Gasteiger partial charge in [-0.25, -0.2) is 0 Å². The van der Waals surface area contributed by atoms with E-state index in [-0.39, 0.29) is 5.76 Å². The molecule has 0 unspecified atom stereocenters. The molecule has 98 valence electrons. The van der Waals surface area contributed by atoms with E-state index in [0.29, 0.717) is 0 Å². The first-order chi connectivity index (χ1) is 9.16. The zero-order chi connectivity index (χ0) is 13.7. The number of hydrogen-bond acceptors (Lipinski definition) is 4. The smallest absolute Gasteiger partial charge is 0.305 e. The van der Waals surface area contributed by atoms with Crippen molar-refractivity contribution in [1.29, 1.82) is 0 Å². The maximum Gasteiger partial charge on any atom is 0.305 e. The summed E-state index contributed by atoms with van der Waals surface area (Å²) >= 11 is 1.54. The predicted octanol–water partition coefficient (Wildman–Crippen LogP) is 2.12. The van der Waals surface area contributed by atoms with Gasteiger partial charge in [0.2, 0.25) is 0 Å². The molecule has 0 aliphatic carbocycles. The third kappa shape index (κ3) is 3.56. The van der Waals surface area contributed by atoms with Gasteiger partial charge in [0.15, 0.2) is 5.76 Å². The van der Waals surface area contributed by atoms with Crippen LogP contribution in [-0.2, 0) is 4.79 Å². The molecule has 2 aromatic rings. The van der Waals surface area contributed by atoms with Gasteiger partial charge < -0.3 is 4.42 Å². The van der Waals surface area contributed by atoms with Crippen molar-refractivity contribution in [2.75, 3.05) is 0 Å². The van der Waals surface area contributed by atoms with E-state index in [4.69, 9.17) is 4.42 Å². The van der Waals surface area contributed by atoms with Gasteiger partial charge in [0.1, 0.15) is 0 Å². The summed E-state index contributed by atoms with van der Waals surface area (Å²) in [4.78, 5) is 23.9. The lowest BCUT2D eigenvalue weighted by molar-refractivity contribution is -0.117. The second kappa shape index (κ2) is 6.01. The van der Waals surface area contributed by atoms with Crippen LogP contribution in [-0.4, -0.2) is 11.8 Å². The second-order valence-corrected chi connectivity index (χ2v) is 4.67. The molecular weight excluding hydrogens is 264 g/mol. The van der Waals surface area contributed by atoms with Gasteiger partial charge in [0, 0.05) is 11.0 Å². The van der Waals surface area contributed by atoms with Crippen LogP contribution in [0.25, 0.3) is 6.08 Å². The minimum atomic E-state index is -0.501. The highest BCUT2D eigenvalue weighted by atomic mass is 32.1. The second-order valence-electron chi connectivity index (χ2n) is 3.72. The number of aryl methyl sites for hydroxylation is 1. The summed E-state index contributed by atoms with van der Waals surface area (Å²) in [5, 5.41) is 1.95. The monoisotopic (exact) mass is 276 g/mol. The number of furan rings is 1. The predicted molar refractivity (Wildman–Crippen MR) is 72.4 cm³/mol. The van der Waals surface area contributed by atoms with Gasteiger partial charge in [0.25, 0.3) is 5.91 Å². The molecule has 0 bridgehead atoms. The molecule has 5 nitrogen and oxygen atoms in total. The minimum Gasteiger partial charge on any atom is -0.459 e. The summed E-state index contributed by atoms with van der Waals surface area (Å²) < 4.78 is 4.88. The Labute approximate surface area is 113 Å². The summed E-state index contributed by atoms with van der Waals surface area (Å²) in [7, 11) is 0. The van der Waals surface area contributed by atoms with E-state index >= 15 is 0 Å². The number of thiophene rings is 1. The molecule has 0 aromatic carbocycles. The lowest BCUT2D eigenvalue weighted by Gasteiger charge is -2.02. The Bertz CT molecular complexity index is 599. The fourth-order valence-corrected chi connectivity index (χ4v) is 2.16. The number of hydrogen-bond donors (Lipinski definition) is 2. The van der Waals surface area contributed by atoms with Gasteiger partial charge in [-0.05, 0) is 42.1 Å². The molecule has 2 heterocycles. The van der Waals surface area contributed by atoms with E-state index in [1.54, 1.807) is 23.5 Å². The highest BCUT2D eigenvalue weighted by molar-refractivity contribution is 7.11. The number of carbonyl (C=O) groups excluding carboxylic acids is 2. The minimum absolute atomic E-state index is 0.137. The Hall–Kier alpha value is -2.34. The SMILES string of the molecule is Cc1ccsc1/C=C/C(=O)NNC(=O)c1ccco1. The fraction of sp³-hybridized carbons (Fsp3) is 0.0769. The normalized spacial score (nSPS) is 10.6. The zero-order valence-corrected chi connectivity index (χ0v) is 11.0. The molecule has 0 radical (unpaired) electrons. The van der Waals surface area contributed by atoms with Crippen molar-refractivity contribution >= 4 is 29.2 Å². The third-order valence-corrected chi connectivity index (χ3v) is 3.32. The molecule has 6 heteroatoms. The maximum atomic E-state index is 11.5. The van der Waals surface area contributed by atoms with E-state index < -0.39 is 11.8 Å². The zero-order valence-electron chi connectivity index (χ0n) is 10.2. The first-order valence-corrected chi connectivity index (χ1v) is 6.41. The highest BCUT2D eigenvalue weighted by Crippen LogP contribution is 2.16. The summed E-state index contributed by atoms with van der Waals surface area (Å²) in [5.74, 6) is -0.773. The molecule has 0 atom stereocenters. The molecule has 0 saturated heterocycles. The first-order valence-electron chi connectivity index (χ1n) is 5.53. The number of rotatable bonds is 3. The van der Waals surface area contributed by atoms with Crippen molar-refractivity contribution in [2.45, 2.75) is 6.92 Å². The molecule has 2 amide bonds. The molecule has 2 N–H and O–H groups in total. The summed E-state index contributed by atoms with van der Waals surface area (Å²) in [6.45, 7) is 1.97. The third-order valence-electron chi connectivity index (χ3n) is 2.33. The van der Waals surface area contributed by atoms with Crippen LogP contribution in [0.3, 0.4) is 0 Å². The van der Waals surface area contributed by atoms with Crippen molar-refractivity contribution in [2.24, 2.45) is 0 Å². The van der Waals surface area contributed by atoms with Crippen molar-refractivity contribution in [1.82, 2.24) is 10.9 Å². The standard InChI is InChI=1S/C13H12N2O3S/c1-9-6-8-19-11(9)4-5-12(16)14-15-13(17)10-3-2-7-18-10/h2-8H,1H3,(H,14,16)(H,15,17)/b5-4+. The van der Waals surface area contributed by atoms with Crippen molar-refractivity contribution in [3.8, 4) is 0 Å². The molecule has 0 spiro atoms. The van der Waals surface area contributed by atoms with Gasteiger partial charge in [-0.2, -0.15) is 0 Å². The Kier molecular flexibility index (Phi) is 4.15. The van der Waals surface area contributed by atoms with Crippen molar-refractivity contribution in [3.05, 3.63) is 52.1 Å². The Balaban J connectivity index is 1.84. The van der Waals surface area contributed by atoms with Gasteiger partial charge in [-0.1, -0.05) is 0 Å². The molecular formula is C13H12N2O3S. The average Bonchev–Trinajstić information content (AvgIpc) is 3.05. The Morgan fingerprint density at radius 1 is 1.32 bits per heavy atom. The maximum absolute atomic E-state index is 11.5. The summed E-state index contributed by atoms with van der Waals surface area (Å²) in [6.07, 6.45) is 4.45. The fourth-order valence-electron chi connectivity index (χ4n) is 1.34. The molecule has 2 rings (SSSR count). The molecule has 19 heavy (non-hydrogen) atoms. The van der Waals surface area contributed by atoms with Crippen LogP contribution in [0.15, 0.2) is 40.3 Å². The molecule has 0 aliphatic rings. The highest BCUT2D eigenvalue weighted by Gasteiger charge is 2.08. The number of hydrazine groups is 1. The molecule has 0 aliphatic heterocycles. The van der Waals surface area contributed by atoms with Gasteiger partial charge in [0.05, 0.1) is 6.26 Å². The Morgan fingerprint density at radius 3 is 2.79 bits per heavy atom. The number of carbonyl (C=O) groups is 2. The van der Waals surface area contributed by atoms with Crippen molar-refractivity contribution < 1.29 is 14.0 Å². The van der Waals surface area contributed by atoms with E-state index in [1.165, 1.54) is 18.4 Å². The lowest BCUT2D eigenvalue weighted by Crippen LogP contribution is -2.40. The largest absolute Gasteiger partial charge is 0.459 e. The van der Waals surface area contributed by atoms with Gasteiger partial charge in [-0.3, -0.25) is 20.4 Å². The number of nitrogens with one attached hydrogen (secondary N) is 2. The van der Waals surface area contributed by atoms with Gasteiger partial charge in [-0.15, -0.1) is 11.3 Å². The topological polar surface area (TPSA) is 71.3 Å². The van der Waals surface area contributed by atoms with Crippen molar-refractivity contribution in [3.63, 3.8) is 0 Å². The quantitative estimate of drug-likeness (QED) is 0.666. The average molecular weight is 276 g/mol. The van der Waals surface area contributed by atoms with E-state index in [0.717, 1.165) is 10.4 Å². The van der Waals surface area contributed by atoms with Gasteiger partial charge >= 0.3 is 5.91 Å².